The second-order valence-electron chi connectivity index (χ2n) is 4.18. The van der Waals surface area contributed by atoms with Crippen LogP contribution in [0.25, 0.3) is 0 Å². The lowest BCUT2D eigenvalue weighted by atomic mass is 10.1. The molecule has 8 heteroatoms. The van der Waals surface area contributed by atoms with E-state index in [1.54, 1.807) is 6.26 Å². The molecule has 0 bridgehead atoms. The predicted octanol–water partition coefficient (Wildman–Crippen LogP) is 0.958. The van der Waals surface area contributed by atoms with E-state index in [9.17, 15) is 4.79 Å². The minimum absolute atomic E-state index is 0.0214. The summed E-state index contributed by atoms with van der Waals surface area (Å²) < 4.78 is 0. The van der Waals surface area contributed by atoms with Gasteiger partial charge < -0.3 is 15.0 Å². The number of amidine groups is 1. The van der Waals surface area contributed by atoms with Gasteiger partial charge >= 0.3 is 0 Å². The maximum Gasteiger partial charge on any atom is 0.281 e. The van der Waals surface area contributed by atoms with E-state index >= 15 is 0 Å². The van der Waals surface area contributed by atoms with Crippen LogP contribution in [0.5, 0.6) is 0 Å². The molecule has 0 aromatic heterocycles. The lowest BCUT2D eigenvalue weighted by Gasteiger charge is -2.13. The molecule has 100 valence electrons. The Labute approximate surface area is 109 Å². The molecular formula is C10H16N4O3S. The number of carbonyl (C=O) groups is 1. The summed E-state index contributed by atoms with van der Waals surface area (Å²) in [5.41, 5.74) is -0.508. The second-order valence-corrected chi connectivity index (χ2v) is 4.99. The third-order valence-corrected chi connectivity index (χ3v) is 2.67. The summed E-state index contributed by atoms with van der Waals surface area (Å²) in [6.45, 7) is 3.73. The number of nitrogens with one attached hydrogen (secondary N) is 2. The largest absolute Gasteiger partial charge is 0.398 e. The molecule has 0 aromatic carbocycles. The molecule has 0 spiro atoms. The van der Waals surface area contributed by atoms with Crippen LogP contribution in [0.2, 0.25) is 0 Å². The van der Waals surface area contributed by atoms with Crippen LogP contribution in [0.15, 0.2) is 10.3 Å². The third-order valence-electron chi connectivity index (χ3n) is 2.07. The summed E-state index contributed by atoms with van der Waals surface area (Å²) in [6.07, 6.45) is 2.17. The molecule has 1 rings (SSSR count). The Morgan fingerprint density at radius 2 is 2.33 bits per heavy atom. The molecule has 0 atom stereocenters. The van der Waals surface area contributed by atoms with Gasteiger partial charge in [-0.2, -0.15) is 0 Å². The fourth-order valence-corrected chi connectivity index (χ4v) is 1.60. The van der Waals surface area contributed by atoms with Crippen molar-refractivity contribution in [1.82, 2.24) is 5.32 Å². The molecule has 0 saturated carbocycles. The summed E-state index contributed by atoms with van der Waals surface area (Å²) in [6, 6.07) is 0. The Bertz CT molecular complexity index is 417. The van der Waals surface area contributed by atoms with Gasteiger partial charge in [-0.25, -0.2) is 0 Å². The van der Waals surface area contributed by atoms with Gasteiger partial charge in [-0.3, -0.25) is 10.2 Å². The molecule has 18 heavy (non-hydrogen) atoms. The molecular weight excluding hydrogens is 256 g/mol. The van der Waals surface area contributed by atoms with Gasteiger partial charge in [-0.1, -0.05) is 10.3 Å². The summed E-state index contributed by atoms with van der Waals surface area (Å²) in [5.74, 6) is -0.112. The van der Waals surface area contributed by atoms with Crippen molar-refractivity contribution in [2.24, 2.45) is 10.3 Å². The number of amides is 1. The van der Waals surface area contributed by atoms with E-state index in [2.05, 4.69) is 20.5 Å². The van der Waals surface area contributed by atoms with Gasteiger partial charge in [0.2, 0.25) is 0 Å². The number of hydrogen-bond acceptors (Lipinski definition) is 7. The summed E-state index contributed by atoms with van der Waals surface area (Å²) in [7, 11) is 1.32. The van der Waals surface area contributed by atoms with Gasteiger partial charge in [0.05, 0.1) is 6.42 Å². The second kappa shape index (κ2) is 5.85. The molecule has 0 fully saturated rings. The van der Waals surface area contributed by atoms with E-state index < -0.39 is 11.5 Å². The van der Waals surface area contributed by atoms with Crippen molar-refractivity contribution < 1.29 is 14.5 Å². The molecule has 0 aromatic rings. The van der Waals surface area contributed by atoms with Crippen molar-refractivity contribution in [2.75, 3.05) is 13.4 Å². The minimum atomic E-state index is -0.531. The summed E-state index contributed by atoms with van der Waals surface area (Å²) in [4.78, 5) is 21.6. The Morgan fingerprint density at radius 1 is 1.67 bits per heavy atom. The van der Waals surface area contributed by atoms with Gasteiger partial charge in [-0.15, -0.1) is 11.8 Å². The normalized spacial score (nSPS) is 17.8. The molecule has 0 radical (unpaired) electrons. The first-order valence-corrected chi connectivity index (χ1v) is 6.42. The number of nitrogens with zero attached hydrogens (tertiary/aromatic N) is 2. The van der Waals surface area contributed by atoms with Gasteiger partial charge in [0.15, 0.2) is 11.5 Å². The maximum absolute atomic E-state index is 11.9. The number of rotatable bonds is 3. The van der Waals surface area contributed by atoms with Crippen LogP contribution in [-0.4, -0.2) is 41.5 Å². The number of hydrogen-bond donors (Lipinski definition) is 2. The summed E-state index contributed by atoms with van der Waals surface area (Å²) >= 11 is 1.10. The van der Waals surface area contributed by atoms with Gasteiger partial charge in [0.1, 0.15) is 17.8 Å². The first-order valence-electron chi connectivity index (χ1n) is 5.20. The average Bonchev–Trinajstić information content (AvgIpc) is 2.64. The monoisotopic (exact) mass is 272 g/mol. The third kappa shape index (κ3) is 3.73. The van der Waals surface area contributed by atoms with Crippen LogP contribution < -0.4 is 5.32 Å². The molecule has 1 aliphatic rings. The van der Waals surface area contributed by atoms with Crippen LogP contribution in [0.3, 0.4) is 0 Å². The zero-order valence-corrected chi connectivity index (χ0v) is 11.6. The molecule has 1 heterocycles. The predicted molar refractivity (Wildman–Crippen MR) is 71.0 cm³/mol. The zero-order chi connectivity index (χ0) is 13.8. The van der Waals surface area contributed by atoms with Crippen LogP contribution in [0, 0.1) is 5.41 Å². The van der Waals surface area contributed by atoms with Crippen LogP contribution in [-0.2, 0) is 14.5 Å². The van der Waals surface area contributed by atoms with E-state index in [1.165, 1.54) is 7.11 Å². The Morgan fingerprint density at radius 3 is 2.78 bits per heavy atom. The number of thioether (sulfide) groups is 1. The highest BCUT2D eigenvalue weighted by atomic mass is 32.2. The lowest BCUT2D eigenvalue weighted by molar-refractivity contribution is -0.113. The van der Waals surface area contributed by atoms with Gasteiger partial charge in [0.25, 0.3) is 5.91 Å². The van der Waals surface area contributed by atoms with Crippen molar-refractivity contribution in [3.63, 3.8) is 0 Å². The summed E-state index contributed by atoms with van der Waals surface area (Å²) in [5, 5.41) is 17.5. The Kier molecular flexibility index (Phi) is 4.71. The highest BCUT2D eigenvalue weighted by Crippen LogP contribution is 2.21. The quantitative estimate of drug-likeness (QED) is 0.454. The van der Waals surface area contributed by atoms with E-state index in [0.29, 0.717) is 12.3 Å². The van der Waals surface area contributed by atoms with Gasteiger partial charge in [0, 0.05) is 0 Å². The molecule has 1 aliphatic heterocycles. The maximum atomic E-state index is 11.9. The molecule has 0 saturated heterocycles. The number of carbonyl (C=O) groups excluding carboxylic acids is 1. The van der Waals surface area contributed by atoms with Crippen LogP contribution >= 0.6 is 11.8 Å². The van der Waals surface area contributed by atoms with Crippen molar-refractivity contribution in [1.29, 1.82) is 5.41 Å². The van der Waals surface area contributed by atoms with E-state index in [1.807, 2.05) is 13.8 Å². The lowest BCUT2D eigenvalue weighted by Crippen LogP contribution is -2.39. The zero-order valence-electron chi connectivity index (χ0n) is 10.7. The molecule has 0 aliphatic carbocycles. The molecule has 7 nitrogen and oxygen atoms in total. The SMILES string of the molecule is CO/N=C(\C(=N)SC)C(=O)NC1=NOC(C)(C)C1. The van der Waals surface area contributed by atoms with Crippen molar-refractivity contribution in [2.45, 2.75) is 25.9 Å². The van der Waals surface area contributed by atoms with E-state index in [0.717, 1.165) is 11.8 Å². The van der Waals surface area contributed by atoms with E-state index in [-0.39, 0.29) is 10.8 Å². The van der Waals surface area contributed by atoms with E-state index in [4.69, 9.17) is 10.2 Å². The smallest absolute Gasteiger partial charge is 0.281 e. The fourth-order valence-electron chi connectivity index (χ4n) is 1.28. The van der Waals surface area contributed by atoms with Crippen molar-refractivity contribution in [3.05, 3.63) is 0 Å². The minimum Gasteiger partial charge on any atom is -0.398 e. The van der Waals surface area contributed by atoms with Gasteiger partial charge in [-0.05, 0) is 20.1 Å². The highest BCUT2D eigenvalue weighted by molar-refractivity contribution is 8.15. The standard InChI is InChI=1S/C10H16N4O3S/c1-10(2)5-6(13-17-10)12-9(15)7(14-16-3)8(11)18-4/h11H,5H2,1-4H3,(H,12,13,15)/b11-8?,14-7+. The topological polar surface area (TPSA) is 96.1 Å². The molecule has 1 amide bonds. The van der Waals surface area contributed by atoms with Crippen molar-refractivity contribution >= 4 is 34.3 Å². The fraction of sp³-hybridized carbons (Fsp3) is 0.600. The molecule has 0 unspecified atom stereocenters. The Hall–Kier alpha value is -1.57. The molecule has 2 N–H and O–H groups in total. The van der Waals surface area contributed by atoms with Crippen LogP contribution in [0.4, 0.5) is 0 Å². The Balaban J connectivity index is 2.70. The van der Waals surface area contributed by atoms with Crippen molar-refractivity contribution in [3.8, 4) is 0 Å². The van der Waals surface area contributed by atoms with Crippen LogP contribution in [0.1, 0.15) is 20.3 Å². The average molecular weight is 272 g/mol. The highest BCUT2D eigenvalue weighted by Gasteiger charge is 2.31. The number of oxime groups is 2. The first kappa shape index (κ1) is 14.5. The first-order chi connectivity index (χ1) is 8.39.